The minimum absolute atomic E-state index is 0.0434. The summed E-state index contributed by atoms with van der Waals surface area (Å²) in [5, 5.41) is 13.2. The Labute approximate surface area is 153 Å². The standard InChI is InChI=1S/C18H15N3O2S2/c1-12-4-6-13(7-5-12)14(22)11-25-17-9-8-16(20-21-17)19-18(23)15-3-2-10-24-15/h2-10H,11H2,1H3,(H,19,20,23). The van der Waals surface area contributed by atoms with Crippen LogP contribution in [-0.4, -0.2) is 27.6 Å². The second-order valence-electron chi connectivity index (χ2n) is 5.27. The lowest BCUT2D eigenvalue weighted by Gasteiger charge is -2.04. The molecular weight excluding hydrogens is 354 g/mol. The number of thiophene rings is 1. The number of amides is 1. The van der Waals surface area contributed by atoms with Gasteiger partial charge in [-0.25, -0.2) is 0 Å². The third-order valence-electron chi connectivity index (χ3n) is 3.35. The first kappa shape index (κ1) is 17.3. The van der Waals surface area contributed by atoms with E-state index < -0.39 is 0 Å². The van der Waals surface area contributed by atoms with E-state index in [9.17, 15) is 9.59 Å². The highest BCUT2D eigenvalue weighted by atomic mass is 32.2. The monoisotopic (exact) mass is 369 g/mol. The summed E-state index contributed by atoms with van der Waals surface area (Å²) in [4.78, 5) is 24.7. The van der Waals surface area contributed by atoms with Gasteiger partial charge in [0.05, 0.1) is 10.6 Å². The molecule has 0 saturated carbocycles. The van der Waals surface area contributed by atoms with Crippen LogP contribution in [0.1, 0.15) is 25.6 Å². The Morgan fingerprint density at radius 2 is 1.88 bits per heavy atom. The van der Waals surface area contributed by atoms with E-state index in [4.69, 9.17) is 0 Å². The fraction of sp³-hybridized carbons (Fsp3) is 0.111. The first-order valence-electron chi connectivity index (χ1n) is 7.53. The van der Waals surface area contributed by atoms with E-state index >= 15 is 0 Å². The van der Waals surface area contributed by atoms with E-state index in [1.54, 1.807) is 18.2 Å². The maximum Gasteiger partial charge on any atom is 0.266 e. The summed E-state index contributed by atoms with van der Waals surface area (Å²) in [6.45, 7) is 1.98. The third-order valence-corrected chi connectivity index (χ3v) is 5.14. The molecule has 2 aromatic heterocycles. The Balaban J connectivity index is 1.54. The number of thioether (sulfide) groups is 1. The van der Waals surface area contributed by atoms with Crippen molar-refractivity contribution in [2.24, 2.45) is 0 Å². The number of Topliss-reactive ketones (excluding diaryl/α,β-unsaturated/α-hetero) is 1. The summed E-state index contributed by atoms with van der Waals surface area (Å²) in [7, 11) is 0. The fourth-order valence-electron chi connectivity index (χ4n) is 2.01. The Morgan fingerprint density at radius 1 is 1.08 bits per heavy atom. The molecule has 0 spiro atoms. The summed E-state index contributed by atoms with van der Waals surface area (Å²) in [6, 6.07) is 14.5. The second-order valence-corrected chi connectivity index (χ2v) is 7.21. The van der Waals surface area contributed by atoms with Crippen LogP contribution in [0.2, 0.25) is 0 Å². The average Bonchev–Trinajstić information content (AvgIpc) is 3.16. The van der Waals surface area contributed by atoms with Crippen molar-refractivity contribution in [3.8, 4) is 0 Å². The van der Waals surface area contributed by atoms with Gasteiger partial charge in [0, 0.05) is 5.56 Å². The molecule has 0 aliphatic carbocycles. The molecule has 1 N–H and O–H groups in total. The molecule has 3 rings (SSSR count). The number of ketones is 1. The molecule has 1 aromatic carbocycles. The lowest BCUT2D eigenvalue weighted by molar-refractivity contribution is 0.101. The number of aromatic nitrogens is 2. The molecule has 0 radical (unpaired) electrons. The predicted molar refractivity (Wildman–Crippen MR) is 101 cm³/mol. The molecule has 0 aliphatic rings. The molecule has 5 nitrogen and oxygen atoms in total. The van der Waals surface area contributed by atoms with Crippen molar-refractivity contribution in [1.82, 2.24) is 10.2 Å². The molecule has 0 fully saturated rings. The van der Waals surface area contributed by atoms with Crippen molar-refractivity contribution < 1.29 is 9.59 Å². The Bertz CT molecular complexity index is 860. The van der Waals surface area contributed by atoms with Crippen molar-refractivity contribution in [3.05, 3.63) is 69.9 Å². The number of carbonyl (C=O) groups excluding carboxylic acids is 2. The van der Waals surface area contributed by atoms with Gasteiger partial charge in [0.15, 0.2) is 11.6 Å². The van der Waals surface area contributed by atoms with Crippen LogP contribution in [0, 0.1) is 6.92 Å². The number of nitrogens with one attached hydrogen (secondary N) is 1. The first-order valence-corrected chi connectivity index (χ1v) is 9.39. The van der Waals surface area contributed by atoms with Gasteiger partial charge in [-0.1, -0.05) is 47.7 Å². The highest BCUT2D eigenvalue weighted by Crippen LogP contribution is 2.18. The van der Waals surface area contributed by atoms with Crippen LogP contribution >= 0.6 is 23.1 Å². The lowest BCUT2D eigenvalue weighted by atomic mass is 10.1. The first-order chi connectivity index (χ1) is 12.1. The highest BCUT2D eigenvalue weighted by molar-refractivity contribution is 7.99. The van der Waals surface area contributed by atoms with Crippen LogP contribution in [-0.2, 0) is 0 Å². The average molecular weight is 369 g/mol. The summed E-state index contributed by atoms with van der Waals surface area (Å²) in [5.41, 5.74) is 1.81. The fourth-order valence-corrected chi connectivity index (χ4v) is 3.34. The van der Waals surface area contributed by atoms with Crippen molar-refractivity contribution in [2.45, 2.75) is 11.9 Å². The van der Waals surface area contributed by atoms with Gasteiger partial charge in [-0.05, 0) is 30.5 Å². The number of anilines is 1. The van der Waals surface area contributed by atoms with Gasteiger partial charge >= 0.3 is 0 Å². The zero-order valence-electron chi connectivity index (χ0n) is 13.4. The molecule has 2 heterocycles. The molecule has 3 aromatic rings. The van der Waals surface area contributed by atoms with Crippen molar-refractivity contribution >= 4 is 40.6 Å². The highest BCUT2D eigenvalue weighted by Gasteiger charge is 2.10. The normalized spacial score (nSPS) is 10.4. The summed E-state index contributed by atoms with van der Waals surface area (Å²) in [6.07, 6.45) is 0. The summed E-state index contributed by atoms with van der Waals surface area (Å²) in [5.74, 6) is 0.507. The molecule has 0 saturated heterocycles. The number of aryl methyl sites for hydroxylation is 1. The molecule has 126 valence electrons. The van der Waals surface area contributed by atoms with Crippen LogP contribution in [0.5, 0.6) is 0 Å². The summed E-state index contributed by atoms with van der Waals surface area (Å²) >= 11 is 2.68. The topological polar surface area (TPSA) is 72.0 Å². The van der Waals surface area contributed by atoms with Gasteiger partial charge in [-0.15, -0.1) is 21.5 Å². The van der Waals surface area contributed by atoms with E-state index in [-0.39, 0.29) is 11.7 Å². The van der Waals surface area contributed by atoms with E-state index in [2.05, 4.69) is 15.5 Å². The Kier molecular flexibility index (Phi) is 5.57. The van der Waals surface area contributed by atoms with Crippen LogP contribution in [0.4, 0.5) is 5.82 Å². The van der Waals surface area contributed by atoms with Gasteiger partial charge < -0.3 is 5.32 Å². The molecule has 0 bridgehead atoms. The zero-order chi connectivity index (χ0) is 17.6. The van der Waals surface area contributed by atoms with Gasteiger partial charge in [-0.2, -0.15) is 0 Å². The predicted octanol–water partition coefficient (Wildman–Crippen LogP) is 4.07. The number of carbonyl (C=O) groups is 2. The van der Waals surface area contributed by atoms with E-state index in [0.29, 0.717) is 27.0 Å². The van der Waals surface area contributed by atoms with Gasteiger partial charge in [0.2, 0.25) is 0 Å². The quantitative estimate of drug-likeness (QED) is 0.524. The number of hydrogen-bond acceptors (Lipinski definition) is 6. The molecule has 7 heteroatoms. The number of hydrogen-bond donors (Lipinski definition) is 1. The van der Waals surface area contributed by atoms with E-state index in [0.717, 1.165) is 5.56 Å². The van der Waals surface area contributed by atoms with Crippen LogP contribution in [0.3, 0.4) is 0 Å². The largest absolute Gasteiger partial charge is 0.304 e. The number of benzene rings is 1. The van der Waals surface area contributed by atoms with Crippen LogP contribution in [0.25, 0.3) is 0 Å². The Hall–Kier alpha value is -2.51. The zero-order valence-corrected chi connectivity index (χ0v) is 15.1. The van der Waals surface area contributed by atoms with Gasteiger partial charge in [-0.3, -0.25) is 9.59 Å². The smallest absolute Gasteiger partial charge is 0.266 e. The van der Waals surface area contributed by atoms with Crippen molar-refractivity contribution in [3.63, 3.8) is 0 Å². The molecule has 0 unspecified atom stereocenters. The minimum atomic E-state index is -0.209. The van der Waals surface area contributed by atoms with Crippen molar-refractivity contribution in [1.29, 1.82) is 0 Å². The molecular formula is C18H15N3O2S2. The maximum atomic E-state index is 12.1. The van der Waals surface area contributed by atoms with E-state index in [1.807, 2.05) is 42.6 Å². The molecule has 25 heavy (non-hydrogen) atoms. The molecule has 0 aliphatic heterocycles. The maximum absolute atomic E-state index is 12.1. The van der Waals surface area contributed by atoms with Gasteiger partial charge in [0.1, 0.15) is 5.03 Å². The third kappa shape index (κ3) is 4.74. The second kappa shape index (κ2) is 8.04. The lowest BCUT2D eigenvalue weighted by Crippen LogP contribution is -2.11. The summed E-state index contributed by atoms with van der Waals surface area (Å²) < 4.78 is 0. The minimum Gasteiger partial charge on any atom is -0.304 e. The van der Waals surface area contributed by atoms with E-state index in [1.165, 1.54) is 23.1 Å². The van der Waals surface area contributed by atoms with Crippen LogP contribution in [0.15, 0.2) is 58.9 Å². The molecule has 1 amide bonds. The molecule has 0 atom stereocenters. The van der Waals surface area contributed by atoms with Crippen LogP contribution < -0.4 is 5.32 Å². The Morgan fingerprint density at radius 3 is 2.52 bits per heavy atom. The van der Waals surface area contributed by atoms with Gasteiger partial charge in [0.25, 0.3) is 5.91 Å². The van der Waals surface area contributed by atoms with Crippen molar-refractivity contribution in [2.75, 3.05) is 11.1 Å². The SMILES string of the molecule is Cc1ccc(C(=O)CSc2ccc(NC(=O)c3cccs3)nn2)cc1. The number of rotatable bonds is 6. The number of nitrogens with zero attached hydrogens (tertiary/aromatic N) is 2.